The molecule has 1 aromatic heterocycles. The number of thiocarbonyl (C=S) groups is 1. The minimum atomic E-state index is -0.0802. The second-order valence-electron chi connectivity index (χ2n) is 9.73. The Kier molecular flexibility index (Phi) is 11.2. The van der Waals surface area contributed by atoms with Crippen LogP contribution in [0.3, 0.4) is 0 Å². The van der Waals surface area contributed by atoms with Crippen molar-refractivity contribution in [3.63, 3.8) is 0 Å². The van der Waals surface area contributed by atoms with Crippen LogP contribution in [0.1, 0.15) is 81.7 Å². The molecule has 210 valence electrons. The number of aryl methyl sites for hydroxylation is 1. The van der Waals surface area contributed by atoms with E-state index in [9.17, 15) is 9.59 Å². The molecule has 1 N–H and O–H groups in total. The van der Waals surface area contributed by atoms with Crippen LogP contribution in [-0.2, 0) is 16.0 Å². The number of unbranched alkanes of at least 4 members (excludes halogenated alkanes) is 2. The van der Waals surface area contributed by atoms with E-state index in [0.29, 0.717) is 33.1 Å². The van der Waals surface area contributed by atoms with Gasteiger partial charge in [-0.05, 0) is 68.7 Å². The van der Waals surface area contributed by atoms with Crippen LogP contribution in [0, 0.1) is 0 Å². The van der Waals surface area contributed by atoms with E-state index in [-0.39, 0.29) is 17.9 Å². The van der Waals surface area contributed by atoms with Gasteiger partial charge in [-0.3, -0.25) is 14.5 Å². The smallest absolute Gasteiger partial charge is 0.266 e. The SMILES string of the molecule is CCCc1nnc(NC(=O)CCCCCN2C(=O)/C(=C/c3ccc(OC4CCCCC4)c(OC)c3)SC2=S)s1. The Labute approximate surface area is 243 Å². The number of aromatic nitrogens is 2. The Balaban J connectivity index is 1.23. The van der Waals surface area contributed by atoms with Gasteiger partial charge in [0.15, 0.2) is 11.5 Å². The van der Waals surface area contributed by atoms with Crippen LogP contribution < -0.4 is 14.8 Å². The third-order valence-electron chi connectivity index (χ3n) is 6.67. The molecule has 1 aliphatic heterocycles. The van der Waals surface area contributed by atoms with E-state index < -0.39 is 0 Å². The molecule has 2 heterocycles. The molecule has 4 rings (SSSR count). The summed E-state index contributed by atoms with van der Waals surface area (Å²) in [6, 6.07) is 5.78. The van der Waals surface area contributed by atoms with E-state index in [1.165, 1.54) is 42.4 Å². The van der Waals surface area contributed by atoms with E-state index >= 15 is 0 Å². The van der Waals surface area contributed by atoms with Crippen LogP contribution in [0.5, 0.6) is 11.5 Å². The summed E-state index contributed by atoms with van der Waals surface area (Å²) in [7, 11) is 1.63. The van der Waals surface area contributed by atoms with Crippen LogP contribution in [0.25, 0.3) is 6.08 Å². The maximum atomic E-state index is 13.0. The molecule has 2 fully saturated rings. The number of carbonyl (C=O) groups excluding carboxylic acids is 2. The maximum Gasteiger partial charge on any atom is 0.266 e. The highest BCUT2D eigenvalue weighted by molar-refractivity contribution is 8.26. The monoisotopic (exact) mass is 588 g/mol. The lowest BCUT2D eigenvalue weighted by atomic mass is 9.98. The van der Waals surface area contributed by atoms with Crippen LogP contribution in [0.4, 0.5) is 5.13 Å². The van der Waals surface area contributed by atoms with Crippen molar-refractivity contribution in [3.05, 3.63) is 33.7 Å². The highest BCUT2D eigenvalue weighted by Crippen LogP contribution is 2.36. The van der Waals surface area contributed by atoms with Crippen molar-refractivity contribution in [3.8, 4) is 11.5 Å². The summed E-state index contributed by atoms with van der Waals surface area (Å²) in [6.45, 7) is 2.62. The highest BCUT2D eigenvalue weighted by atomic mass is 32.2. The number of benzene rings is 1. The fourth-order valence-corrected chi connectivity index (χ4v) is 6.78. The molecule has 1 saturated heterocycles. The Hall–Kier alpha value is -2.50. The number of hydrogen-bond donors (Lipinski definition) is 1. The minimum Gasteiger partial charge on any atom is -0.493 e. The lowest BCUT2D eigenvalue weighted by Gasteiger charge is -2.24. The van der Waals surface area contributed by atoms with Crippen LogP contribution >= 0.6 is 35.3 Å². The first kappa shape index (κ1) is 29.5. The molecule has 0 unspecified atom stereocenters. The van der Waals surface area contributed by atoms with Crippen LogP contribution in [0.2, 0.25) is 0 Å². The molecule has 8 nitrogen and oxygen atoms in total. The highest BCUT2D eigenvalue weighted by Gasteiger charge is 2.31. The van der Waals surface area contributed by atoms with Gasteiger partial charge in [-0.2, -0.15) is 0 Å². The summed E-state index contributed by atoms with van der Waals surface area (Å²) in [5.41, 5.74) is 0.867. The molecular weight excluding hydrogens is 553 g/mol. The van der Waals surface area contributed by atoms with Gasteiger partial charge in [-0.1, -0.05) is 61.1 Å². The summed E-state index contributed by atoms with van der Waals surface area (Å²) < 4.78 is 12.3. The van der Waals surface area contributed by atoms with Crippen molar-refractivity contribution in [2.75, 3.05) is 19.0 Å². The van der Waals surface area contributed by atoms with Gasteiger partial charge in [0.2, 0.25) is 11.0 Å². The minimum absolute atomic E-state index is 0.0617. The summed E-state index contributed by atoms with van der Waals surface area (Å²) in [4.78, 5) is 27.5. The second kappa shape index (κ2) is 14.8. The topological polar surface area (TPSA) is 93.7 Å². The molecule has 2 amide bonds. The van der Waals surface area contributed by atoms with Gasteiger partial charge in [0.25, 0.3) is 5.91 Å². The number of anilines is 1. The van der Waals surface area contributed by atoms with Gasteiger partial charge in [0, 0.05) is 19.4 Å². The molecule has 0 atom stereocenters. The van der Waals surface area contributed by atoms with Crippen molar-refractivity contribution in [1.82, 2.24) is 15.1 Å². The van der Waals surface area contributed by atoms with Crippen molar-refractivity contribution >= 4 is 62.7 Å². The van der Waals surface area contributed by atoms with Crippen molar-refractivity contribution in [2.45, 2.75) is 83.7 Å². The van der Waals surface area contributed by atoms with Crippen LogP contribution in [-0.4, -0.2) is 51.0 Å². The average Bonchev–Trinajstić information content (AvgIpc) is 3.48. The molecule has 1 saturated carbocycles. The molecular formula is C28H36N4O4S3. The number of amides is 2. The Morgan fingerprint density at radius 3 is 2.77 bits per heavy atom. The van der Waals surface area contributed by atoms with Gasteiger partial charge in [0.1, 0.15) is 9.33 Å². The van der Waals surface area contributed by atoms with E-state index in [0.717, 1.165) is 61.3 Å². The van der Waals surface area contributed by atoms with Gasteiger partial charge in [0.05, 0.1) is 18.1 Å². The molecule has 0 spiro atoms. The zero-order valence-corrected chi connectivity index (χ0v) is 25.0. The predicted molar refractivity (Wildman–Crippen MR) is 161 cm³/mol. The number of thioether (sulfide) groups is 1. The van der Waals surface area contributed by atoms with Crippen LogP contribution in [0.15, 0.2) is 23.1 Å². The number of carbonyl (C=O) groups is 2. The third-order valence-corrected chi connectivity index (χ3v) is 8.94. The lowest BCUT2D eigenvalue weighted by molar-refractivity contribution is -0.122. The number of hydrogen-bond acceptors (Lipinski definition) is 9. The largest absolute Gasteiger partial charge is 0.493 e. The maximum absolute atomic E-state index is 13.0. The number of methoxy groups -OCH3 is 1. The number of nitrogens with zero attached hydrogens (tertiary/aromatic N) is 3. The first-order valence-electron chi connectivity index (χ1n) is 13.7. The molecule has 39 heavy (non-hydrogen) atoms. The summed E-state index contributed by atoms with van der Waals surface area (Å²) in [5, 5.41) is 12.4. The van der Waals surface area contributed by atoms with E-state index in [1.54, 1.807) is 12.0 Å². The van der Waals surface area contributed by atoms with E-state index in [4.69, 9.17) is 21.7 Å². The molecule has 11 heteroatoms. The fraction of sp³-hybridized carbons (Fsp3) is 0.536. The Bertz CT molecular complexity index is 1190. The molecule has 1 aromatic carbocycles. The van der Waals surface area contributed by atoms with E-state index in [1.807, 2.05) is 24.3 Å². The lowest BCUT2D eigenvalue weighted by Crippen LogP contribution is -2.29. The van der Waals surface area contributed by atoms with Crippen molar-refractivity contribution in [2.24, 2.45) is 0 Å². The van der Waals surface area contributed by atoms with Gasteiger partial charge >= 0.3 is 0 Å². The van der Waals surface area contributed by atoms with Gasteiger partial charge in [-0.25, -0.2) is 0 Å². The number of rotatable bonds is 13. The Morgan fingerprint density at radius 1 is 1.18 bits per heavy atom. The van der Waals surface area contributed by atoms with Gasteiger partial charge in [-0.15, -0.1) is 10.2 Å². The number of nitrogens with one attached hydrogen (secondary N) is 1. The predicted octanol–water partition coefficient (Wildman–Crippen LogP) is 6.61. The summed E-state index contributed by atoms with van der Waals surface area (Å²) in [6.07, 6.45) is 12.5. The van der Waals surface area contributed by atoms with E-state index in [2.05, 4.69) is 22.4 Å². The first-order valence-corrected chi connectivity index (χ1v) is 15.7. The molecule has 0 bridgehead atoms. The third kappa shape index (κ3) is 8.49. The molecule has 2 aromatic rings. The summed E-state index contributed by atoms with van der Waals surface area (Å²) in [5.74, 6) is 1.27. The van der Waals surface area contributed by atoms with Gasteiger partial charge < -0.3 is 14.8 Å². The zero-order chi connectivity index (χ0) is 27.6. The molecule has 1 aliphatic carbocycles. The normalized spacial score (nSPS) is 17.2. The quantitative estimate of drug-likeness (QED) is 0.159. The molecule has 0 radical (unpaired) electrons. The Morgan fingerprint density at radius 2 is 2.00 bits per heavy atom. The first-order chi connectivity index (χ1) is 19.0. The second-order valence-corrected chi connectivity index (χ2v) is 12.5. The standard InChI is InChI=1S/C28H36N4O4S3/c1-3-10-25-30-31-27(39-25)29-24(33)13-8-5-9-16-32-26(34)23(38-28(32)37)18-19-14-15-21(22(17-19)35-2)36-20-11-6-4-7-12-20/h14-15,17-18,20H,3-13,16H2,1-2H3,(H,29,31,33)/b23-18-. The fourth-order valence-electron chi connectivity index (χ4n) is 4.61. The average molecular weight is 589 g/mol. The zero-order valence-electron chi connectivity index (χ0n) is 22.6. The summed E-state index contributed by atoms with van der Waals surface area (Å²) >= 11 is 8.23. The van der Waals surface area contributed by atoms with Crippen molar-refractivity contribution < 1.29 is 19.1 Å². The number of ether oxygens (including phenoxy) is 2. The molecule has 2 aliphatic rings. The van der Waals surface area contributed by atoms with Crippen molar-refractivity contribution in [1.29, 1.82) is 0 Å².